The van der Waals surface area contributed by atoms with E-state index in [9.17, 15) is 17.6 Å². The summed E-state index contributed by atoms with van der Waals surface area (Å²) in [6.07, 6.45) is -2.97. The molecule has 3 aromatic rings. The van der Waals surface area contributed by atoms with E-state index in [1.165, 1.54) is 32.2 Å². The van der Waals surface area contributed by atoms with Gasteiger partial charge in [0.2, 0.25) is 0 Å². The van der Waals surface area contributed by atoms with Crippen LogP contribution in [0.4, 0.5) is 23.2 Å². The first kappa shape index (κ1) is 23.5. The van der Waals surface area contributed by atoms with Gasteiger partial charge in [0.05, 0.1) is 11.6 Å². The number of hydrogen-bond acceptors (Lipinski definition) is 2. The Morgan fingerprint density at radius 3 is 2.00 bits per heavy atom. The fourth-order valence-electron chi connectivity index (χ4n) is 3.57. The second-order valence-corrected chi connectivity index (χ2v) is 8.55. The molecule has 6 heteroatoms. The summed E-state index contributed by atoms with van der Waals surface area (Å²) in [4.78, 5) is 0. The second kappa shape index (κ2) is 9.15. The molecule has 0 fully saturated rings. The maximum absolute atomic E-state index is 14.5. The Kier molecular flexibility index (Phi) is 6.72. The number of halogens is 4. The molecule has 1 unspecified atom stereocenters. The van der Waals surface area contributed by atoms with Crippen molar-refractivity contribution in [1.82, 2.24) is 0 Å². The van der Waals surface area contributed by atoms with E-state index >= 15 is 0 Å². The number of hydrogen-bond donors (Lipinski definition) is 2. The molecule has 0 aliphatic carbocycles. The predicted molar refractivity (Wildman–Crippen MR) is 122 cm³/mol. The van der Waals surface area contributed by atoms with E-state index in [0.29, 0.717) is 22.4 Å². The lowest BCUT2D eigenvalue weighted by Crippen LogP contribution is -2.22. The lowest BCUT2D eigenvalue weighted by Gasteiger charge is -2.26. The lowest BCUT2D eigenvalue weighted by molar-refractivity contribution is -0.137. The lowest BCUT2D eigenvalue weighted by atomic mass is 9.93. The number of rotatable bonds is 7. The van der Waals surface area contributed by atoms with Crippen LogP contribution in [0, 0.1) is 12.3 Å². The van der Waals surface area contributed by atoms with Crippen LogP contribution in [-0.4, -0.2) is 11.9 Å². The van der Waals surface area contributed by atoms with Gasteiger partial charge in [-0.05, 0) is 61.7 Å². The average Bonchev–Trinajstić information content (AvgIpc) is 2.72. The molecular formula is C26H26F4N2. The first-order valence-electron chi connectivity index (χ1n) is 10.3. The summed E-state index contributed by atoms with van der Waals surface area (Å²) in [5.41, 5.74) is 2.46. The number of aryl methyl sites for hydroxylation is 1. The second-order valence-electron chi connectivity index (χ2n) is 8.55. The van der Waals surface area contributed by atoms with Crippen LogP contribution in [0.3, 0.4) is 0 Å². The number of nitrogens with one attached hydrogen (secondary N) is 2. The van der Waals surface area contributed by atoms with Crippen LogP contribution < -0.4 is 5.32 Å². The van der Waals surface area contributed by atoms with E-state index < -0.39 is 17.4 Å². The number of alkyl halides is 4. The molecule has 0 radical (unpaired) electrons. The van der Waals surface area contributed by atoms with Crippen LogP contribution in [0.5, 0.6) is 0 Å². The monoisotopic (exact) mass is 442 g/mol. The summed E-state index contributed by atoms with van der Waals surface area (Å²) in [6.45, 7) is 5.04. The SMILES string of the molecule is Cc1ccc(C(CC(C)(C)F)Nc2ccc(-c3ccc(C(F)(F)F)cc3)cc2C=N)cc1. The third kappa shape index (κ3) is 5.96. The molecule has 3 rings (SSSR count). The van der Waals surface area contributed by atoms with Gasteiger partial charge in [0, 0.05) is 23.9 Å². The maximum Gasteiger partial charge on any atom is 0.416 e. The summed E-state index contributed by atoms with van der Waals surface area (Å²) in [7, 11) is 0. The third-order valence-electron chi connectivity index (χ3n) is 5.25. The molecule has 0 aliphatic rings. The third-order valence-corrected chi connectivity index (χ3v) is 5.25. The largest absolute Gasteiger partial charge is 0.416 e. The molecule has 0 saturated carbocycles. The Labute approximate surface area is 185 Å². The number of benzene rings is 3. The van der Waals surface area contributed by atoms with Crippen molar-refractivity contribution in [3.63, 3.8) is 0 Å². The van der Waals surface area contributed by atoms with Gasteiger partial charge in [0.25, 0.3) is 0 Å². The van der Waals surface area contributed by atoms with E-state index in [1.54, 1.807) is 18.2 Å². The van der Waals surface area contributed by atoms with E-state index in [-0.39, 0.29) is 12.5 Å². The molecule has 0 aliphatic heterocycles. The molecule has 1 atom stereocenters. The van der Waals surface area contributed by atoms with Crippen molar-refractivity contribution >= 4 is 11.9 Å². The van der Waals surface area contributed by atoms with Gasteiger partial charge in [-0.25, -0.2) is 4.39 Å². The highest BCUT2D eigenvalue weighted by Gasteiger charge is 2.30. The molecule has 0 saturated heterocycles. The highest BCUT2D eigenvalue weighted by atomic mass is 19.4. The Morgan fingerprint density at radius 1 is 0.875 bits per heavy atom. The van der Waals surface area contributed by atoms with Gasteiger partial charge >= 0.3 is 6.18 Å². The fraction of sp³-hybridized carbons (Fsp3) is 0.269. The Morgan fingerprint density at radius 2 is 1.47 bits per heavy atom. The van der Waals surface area contributed by atoms with E-state index in [0.717, 1.165) is 23.3 Å². The van der Waals surface area contributed by atoms with Crippen molar-refractivity contribution in [3.8, 4) is 11.1 Å². The minimum absolute atomic E-state index is 0.230. The Hall–Kier alpha value is -3.15. The van der Waals surface area contributed by atoms with E-state index in [2.05, 4.69) is 5.32 Å². The van der Waals surface area contributed by atoms with E-state index in [4.69, 9.17) is 5.41 Å². The highest BCUT2D eigenvalue weighted by molar-refractivity contribution is 5.88. The summed E-state index contributed by atoms with van der Waals surface area (Å²) >= 11 is 0. The summed E-state index contributed by atoms with van der Waals surface area (Å²) < 4.78 is 53.0. The van der Waals surface area contributed by atoms with Gasteiger partial charge in [-0.15, -0.1) is 0 Å². The van der Waals surface area contributed by atoms with Gasteiger partial charge in [0.15, 0.2) is 0 Å². The molecule has 0 bridgehead atoms. The van der Waals surface area contributed by atoms with Crippen LogP contribution in [0.25, 0.3) is 11.1 Å². The first-order valence-corrected chi connectivity index (χ1v) is 10.3. The molecule has 3 aromatic carbocycles. The minimum atomic E-state index is -4.39. The van der Waals surface area contributed by atoms with Crippen molar-refractivity contribution in [2.45, 2.75) is 45.1 Å². The van der Waals surface area contributed by atoms with Crippen LogP contribution in [0.15, 0.2) is 66.7 Å². The Bertz CT molecular complexity index is 1060. The minimum Gasteiger partial charge on any atom is -0.378 e. The topological polar surface area (TPSA) is 35.9 Å². The molecule has 0 heterocycles. The molecule has 0 aromatic heterocycles. The summed E-state index contributed by atoms with van der Waals surface area (Å²) in [5.74, 6) is 0. The number of anilines is 1. The van der Waals surface area contributed by atoms with Gasteiger partial charge in [-0.1, -0.05) is 48.0 Å². The highest BCUT2D eigenvalue weighted by Crippen LogP contribution is 2.34. The molecular weight excluding hydrogens is 416 g/mol. The fourth-order valence-corrected chi connectivity index (χ4v) is 3.57. The maximum atomic E-state index is 14.5. The molecule has 2 N–H and O–H groups in total. The molecule has 0 amide bonds. The molecule has 0 spiro atoms. The van der Waals surface area contributed by atoms with E-state index in [1.807, 2.05) is 31.2 Å². The van der Waals surface area contributed by atoms with Crippen LogP contribution in [0.2, 0.25) is 0 Å². The quantitative estimate of drug-likeness (QED) is 0.282. The standard InChI is InChI=1S/C26H26F4N2/c1-17-4-6-19(7-5-17)24(15-25(2,3)27)32-23-13-10-20(14-21(23)16-31)18-8-11-22(12-9-18)26(28,29)30/h4-14,16,24,31-32H,15H2,1-3H3. The van der Waals surface area contributed by atoms with Crippen LogP contribution in [-0.2, 0) is 6.18 Å². The molecule has 168 valence electrons. The van der Waals surface area contributed by atoms with Gasteiger partial charge in [-0.2, -0.15) is 13.2 Å². The van der Waals surface area contributed by atoms with Crippen LogP contribution in [0.1, 0.15) is 48.6 Å². The normalized spacial score (nSPS) is 13.0. The Balaban J connectivity index is 1.91. The zero-order valence-corrected chi connectivity index (χ0v) is 18.2. The first-order chi connectivity index (χ1) is 15.0. The van der Waals surface area contributed by atoms with Crippen molar-refractivity contribution in [2.75, 3.05) is 5.32 Å². The summed E-state index contributed by atoms with van der Waals surface area (Å²) in [5, 5.41) is 11.2. The van der Waals surface area contributed by atoms with Crippen molar-refractivity contribution in [2.24, 2.45) is 0 Å². The summed E-state index contributed by atoms with van der Waals surface area (Å²) in [6, 6.07) is 17.8. The van der Waals surface area contributed by atoms with Crippen molar-refractivity contribution in [3.05, 3.63) is 89.0 Å². The average molecular weight is 443 g/mol. The van der Waals surface area contributed by atoms with Crippen LogP contribution >= 0.6 is 0 Å². The zero-order valence-electron chi connectivity index (χ0n) is 18.2. The molecule has 32 heavy (non-hydrogen) atoms. The van der Waals surface area contributed by atoms with Gasteiger partial charge < -0.3 is 10.7 Å². The van der Waals surface area contributed by atoms with Crippen molar-refractivity contribution in [1.29, 1.82) is 5.41 Å². The smallest absolute Gasteiger partial charge is 0.378 e. The molecule has 2 nitrogen and oxygen atoms in total. The van der Waals surface area contributed by atoms with Gasteiger partial charge in [0.1, 0.15) is 5.67 Å². The zero-order chi connectivity index (χ0) is 23.5. The van der Waals surface area contributed by atoms with Crippen molar-refractivity contribution < 1.29 is 17.6 Å². The van der Waals surface area contributed by atoms with Gasteiger partial charge in [-0.3, -0.25) is 0 Å². The predicted octanol–water partition coefficient (Wildman–Crippen LogP) is 7.97.